The topological polar surface area (TPSA) is 64.0 Å². The molecule has 3 aromatic rings. The number of fused-ring (bicyclic) bond motifs is 1. The van der Waals surface area contributed by atoms with E-state index in [0.29, 0.717) is 16.1 Å². The standard InChI is InChI=1S/C20H21N3O2S2/c1-13(2)23-19(25)14-8-4-5-9-15(14)22-20(23)27-12-18(24)21-16-10-6-7-11-17(16)26-3/h4-11,13H,12H2,1-3H3,(H,21,24). The van der Waals surface area contributed by atoms with E-state index in [0.717, 1.165) is 10.6 Å². The molecule has 0 atom stereocenters. The first-order valence-corrected chi connectivity index (χ1v) is 10.8. The molecule has 0 bridgehead atoms. The summed E-state index contributed by atoms with van der Waals surface area (Å²) >= 11 is 2.86. The molecule has 0 spiro atoms. The highest BCUT2D eigenvalue weighted by molar-refractivity contribution is 7.99. The highest BCUT2D eigenvalue weighted by Crippen LogP contribution is 2.25. The molecule has 0 aliphatic carbocycles. The molecule has 1 N–H and O–H groups in total. The molecule has 1 heterocycles. The van der Waals surface area contributed by atoms with E-state index in [2.05, 4.69) is 10.3 Å². The molecule has 1 aromatic heterocycles. The Hall–Kier alpha value is -2.25. The molecule has 0 saturated heterocycles. The summed E-state index contributed by atoms with van der Waals surface area (Å²) in [6.07, 6.45) is 1.97. The van der Waals surface area contributed by atoms with E-state index < -0.39 is 0 Å². The summed E-state index contributed by atoms with van der Waals surface area (Å²) in [5.74, 6) is 0.0550. The van der Waals surface area contributed by atoms with Crippen LogP contribution in [0.15, 0.2) is 63.4 Å². The van der Waals surface area contributed by atoms with Gasteiger partial charge in [-0.15, -0.1) is 11.8 Å². The number of hydrogen-bond acceptors (Lipinski definition) is 5. The van der Waals surface area contributed by atoms with Gasteiger partial charge < -0.3 is 5.32 Å². The Morgan fingerprint density at radius 1 is 1.15 bits per heavy atom. The van der Waals surface area contributed by atoms with Crippen LogP contribution in [0.5, 0.6) is 0 Å². The monoisotopic (exact) mass is 399 g/mol. The third-order valence-corrected chi connectivity index (χ3v) is 5.75. The summed E-state index contributed by atoms with van der Waals surface area (Å²) in [6.45, 7) is 3.88. The fourth-order valence-corrected chi connectivity index (χ4v) is 4.23. The maximum absolute atomic E-state index is 12.8. The second-order valence-corrected chi connectivity index (χ2v) is 8.01. The average molecular weight is 400 g/mol. The zero-order chi connectivity index (χ0) is 19.4. The smallest absolute Gasteiger partial charge is 0.262 e. The second kappa shape index (κ2) is 8.63. The van der Waals surface area contributed by atoms with Crippen molar-refractivity contribution < 1.29 is 4.79 Å². The highest BCUT2D eigenvalue weighted by Gasteiger charge is 2.15. The number of thioether (sulfide) groups is 2. The predicted molar refractivity (Wildman–Crippen MR) is 114 cm³/mol. The van der Waals surface area contributed by atoms with Gasteiger partial charge in [-0.1, -0.05) is 36.0 Å². The maximum atomic E-state index is 12.8. The lowest BCUT2D eigenvalue weighted by Crippen LogP contribution is -2.25. The largest absolute Gasteiger partial charge is 0.324 e. The lowest BCUT2D eigenvalue weighted by Gasteiger charge is -2.16. The number of benzene rings is 2. The van der Waals surface area contributed by atoms with Gasteiger partial charge in [0.25, 0.3) is 5.56 Å². The summed E-state index contributed by atoms with van der Waals surface area (Å²) in [6, 6.07) is 14.9. The van der Waals surface area contributed by atoms with Gasteiger partial charge in [0, 0.05) is 10.9 Å². The van der Waals surface area contributed by atoms with Gasteiger partial charge in [-0.05, 0) is 44.4 Å². The number of nitrogens with one attached hydrogen (secondary N) is 1. The Labute approximate surface area is 166 Å². The molecule has 27 heavy (non-hydrogen) atoms. The van der Waals surface area contributed by atoms with Gasteiger partial charge in [-0.3, -0.25) is 14.2 Å². The Morgan fingerprint density at radius 2 is 1.85 bits per heavy atom. The molecular weight excluding hydrogens is 378 g/mol. The third-order valence-electron chi connectivity index (χ3n) is 4.01. The van der Waals surface area contributed by atoms with Crippen LogP contribution in [0.1, 0.15) is 19.9 Å². The van der Waals surface area contributed by atoms with Gasteiger partial charge in [0.15, 0.2) is 5.16 Å². The van der Waals surface area contributed by atoms with Crippen LogP contribution in [0, 0.1) is 0 Å². The van der Waals surface area contributed by atoms with E-state index in [9.17, 15) is 9.59 Å². The van der Waals surface area contributed by atoms with E-state index in [-0.39, 0.29) is 23.3 Å². The maximum Gasteiger partial charge on any atom is 0.262 e. The molecular formula is C20H21N3O2S2. The van der Waals surface area contributed by atoms with E-state index in [1.807, 2.05) is 62.6 Å². The minimum absolute atomic E-state index is 0.0441. The van der Waals surface area contributed by atoms with Crippen molar-refractivity contribution in [2.75, 3.05) is 17.3 Å². The number of nitrogens with zero attached hydrogens (tertiary/aromatic N) is 2. The van der Waals surface area contributed by atoms with Crippen LogP contribution >= 0.6 is 23.5 Å². The fourth-order valence-electron chi connectivity index (χ4n) is 2.75. The molecule has 0 aliphatic rings. The molecule has 5 nitrogen and oxygen atoms in total. The first-order chi connectivity index (χ1) is 13.0. The van der Waals surface area contributed by atoms with Crippen molar-refractivity contribution in [3.05, 3.63) is 58.9 Å². The number of carbonyl (C=O) groups excluding carboxylic acids is 1. The van der Waals surface area contributed by atoms with E-state index >= 15 is 0 Å². The van der Waals surface area contributed by atoms with Crippen molar-refractivity contribution in [2.24, 2.45) is 0 Å². The summed E-state index contributed by atoms with van der Waals surface area (Å²) in [7, 11) is 0. The van der Waals surface area contributed by atoms with Gasteiger partial charge in [0.05, 0.1) is 22.3 Å². The molecule has 0 radical (unpaired) electrons. The Bertz CT molecular complexity index is 1030. The molecule has 0 unspecified atom stereocenters. The van der Waals surface area contributed by atoms with Crippen molar-refractivity contribution >= 4 is 46.0 Å². The van der Waals surface area contributed by atoms with Crippen LogP contribution in [0.2, 0.25) is 0 Å². The van der Waals surface area contributed by atoms with Crippen LogP contribution in [0.4, 0.5) is 5.69 Å². The van der Waals surface area contributed by atoms with E-state index in [4.69, 9.17) is 0 Å². The summed E-state index contributed by atoms with van der Waals surface area (Å²) < 4.78 is 1.65. The number of carbonyl (C=O) groups is 1. The van der Waals surface area contributed by atoms with E-state index in [1.165, 1.54) is 11.8 Å². The van der Waals surface area contributed by atoms with Crippen LogP contribution in [-0.2, 0) is 4.79 Å². The van der Waals surface area contributed by atoms with Gasteiger partial charge in [-0.25, -0.2) is 4.98 Å². The van der Waals surface area contributed by atoms with Crippen LogP contribution in [-0.4, -0.2) is 27.5 Å². The van der Waals surface area contributed by atoms with Gasteiger partial charge in [0.1, 0.15) is 0 Å². The van der Waals surface area contributed by atoms with E-state index in [1.54, 1.807) is 22.4 Å². The van der Waals surface area contributed by atoms with Gasteiger partial charge in [-0.2, -0.15) is 0 Å². The lowest BCUT2D eigenvalue weighted by molar-refractivity contribution is -0.113. The molecule has 0 fully saturated rings. The summed E-state index contributed by atoms with van der Waals surface area (Å²) in [4.78, 5) is 30.9. The molecule has 2 aromatic carbocycles. The molecule has 0 saturated carbocycles. The highest BCUT2D eigenvalue weighted by atomic mass is 32.2. The predicted octanol–water partition coefficient (Wildman–Crippen LogP) is 4.43. The van der Waals surface area contributed by atoms with Gasteiger partial charge in [0.2, 0.25) is 5.91 Å². The van der Waals surface area contributed by atoms with Crippen LogP contribution in [0.25, 0.3) is 10.9 Å². The van der Waals surface area contributed by atoms with Crippen molar-refractivity contribution in [3.63, 3.8) is 0 Å². The first-order valence-electron chi connectivity index (χ1n) is 8.58. The molecule has 1 amide bonds. The van der Waals surface area contributed by atoms with Crippen molar-refractivity contribution in [1.82, 2.24) is 9.55 Å². The lowest BCUT2D eigenvalue weighted by atomic mass is 10.2. The summed E-state index contributed by atoms with van der Waals surface area (Å²) in [5, 5.41) is 4.09. The third kappa shape index (κ3) is 4.36. The molecule has 7 heteroatoms. The SMILES string of the molecule is CSc1ccccc1NC(=O)CSc1nc2ccccc2c(=O)n1C(C)C. The minimum Gasteiger partial charge on any atom is -0.324 e. The Balaban J connectivity index is 1.83. The number of para-hydroxylation sites is 2. The summed E-state index contributed by atoms with van der Waals surface area (Å²) in [5.41, 5.74) is 1.37. The normalized spacial score (nSPS) is 11.1. The Morgan fingerprint density at radius 3 is 2.59 bits per heavy atom. The Kier molecular flexibility index (Phi) is 6.23. The number of anilines is 1. The first kappa shape index (κ1) is 19.5. The quantitative estimate of drug-likeness (QED) is 0.491. The number of hydrogen-bond donors (Lipinski definition) is 1. The number of amides is 1. The molecule has 3 rings (SSSR count). The van der Waals surface area contributed by atoms with Crippen molar-refractivity contribution in [3.8, 4) is 0 Å². The second-order valence-electron chi connectivity index (χ2n) is 6.22. The van der Waals surface area contributed by atoms with Crippen LogP contribution < -0.4 is 10.9 Å². The molecule has 140 valence electrons. The fraction of sp³-hybridized carbons (Fsp3) is 0.250. The zero-order valence-corrected chi connectivity index (χ0v) is 17.1. The number of rotatable bonds is 6. The number of aromatic nitrogens is 2. The van der Waals surface area contributed by atoms with Crippen molar-refractivity contribution in [1.29, 1.82) is 0 Å². The van der Waals surface area contributed by atoms with Crippen molar-refractivity contribution in [2.45, 2.75) is 29.9 Å². The zero-order valence-electron chi connectivity index (χ0n) is 15.4. The minimum atomic E-state index is -0.126. The average Bonchev–Trinajstić information content (AvgIpc) is 2.66. The van der Waals surface area contributed by atoms with Gasteiger partial charge >= 0.3 is 0 Å². The van der Waals surface area contributed by atoms with Crippen LogP contribution in [0.3, 0.4) is 0 Å². The molecule has 0 aliphatic heterocycles.